The maximum Gasteiger partial charge on any atom is 0.210 e. The zero-order chi connectivity index (χ0) is 19.8. The first-order valence-corrected chi connectivity index (χ1v) is 10.2. The van der Waals surface area contributed by atoms with Crippen molar-refractivity contribution < 1.29 is 13.2 Å². The Kier molecular flexibility index (Phi) is 5.22. The second-order valence-electron chi connectivity index (χ2n) is 6.28. The number of methoxy groups -OCH3 is 1. The van der Waals surface area contributed by atoms with Gasteiger partial charge in [0.1, 0.15) is 16.5 Å². The molecule has 0 saturated carbocycles. The minimum absolute atomic E-state index is 0.136. The average molecular weight is 405 g/mol. The van der Waals surface area contributed by atoms with E-state index in [0.717, 1.165) is 17.0 Å². The van der Waals surface area contributed by atoms with Crippen molar-refractivity contribution in [2.24, 2.45) is 0 Å². The largest absolute Gasteiger partial charge is 0.496 e. The molecule has 0 atom stereocenters. The van der Waals surface area contributed by atoms with Crippen LogP contribution in [0.1, 0.15) is 16.8 Å². The highest BCUT2D eigenvalue weighted by atomic mass is 35.5. The predicted octanol–water partition coefficient (Wildman–Crippen LogP) is 4.23. The number of anilines is 1. The number of halogens is 1. The molecule has 0 amide bonds. The van der Waals surface area contributed by atoms with Gasteiger partial charge in [0, 0.05) is 16.3 Å². The van der Waals surface area contributed by atoms with E-state index in [1.54, 1.807) is 30.7 Å². The van der Waals surface area contributed by atoms with Crippen molar-refractivity contribution in [3.05, 3.63) is 70.4 Å². The Hall–Kier alpha value is -2.44. The zero-order valence-corrected chi connectivity index (χ0v) is 16.9. The Labute approximate surface area is 164 Å². The van der Waals surface area contributed by atoms with Crippen molar-refractivity contribution >= 4 is 27.3 Å². The molecule has 3 rings (SSSR count). The molecule has 2 N–H and O–H groups in total. The van der Waals surface area contributed by atoms with Gasteiger partial charge in [-0.1, -0.05) is 29.8 Å². The molecule has 142 valence electrons. The van der Waals surface area contributed by atoms with E-state index >= 15 is 0 Å². The van der Waals surface area contributed by atoms with Gasteiger partial charge in [0.2, 0.25) is 9.84 Å². The van der Waals surface area contributed by atoms with Crippen LogP contribution in [0.4, 0.5) is 5.82 Å². The van der Waals surface area contributed by atoms with E-state index < -0.39 is 9.84 Å². The number of aromatic nitrogens is 1. The summed E-state index contributed by atoms with van der Waals surface area (Å²) in [6, 6.07) is 13.7. The molecule has 7 heteroatoms. The van der Waals surface area contributed by atoms with Gasteiger partial charge in [-0.05, 0) is 49.7 Å². The molecule has 0 saturated heterocycles. The Bertz CT molecular complexity index is 1090. The molecule has 1 aromatic heterocycles. The van der Waals surface area contributed by atoms with E-state index in [9.17, 15) is 8.42 Å². The van der Waals surface area contributed by atoms with Crippen LogP contribution >= 0.6 is 11.6 Å². The maximum absolute atomic E-state index is 13.2. The highest BCUT2D eigenvalue weighted by Crippen LogP contribution is 2.34. The second kappa shape index (κ2) is 7.29. The summed E-state index contributed by atoms with van der Waals surface area (Å²) in [4.78, 5) is 0.299. The first-order valence-electron chi connectivity index (χ1n) is 8.35. The number of nitrogens with zero attached hydrogens (tertiary/aromatic N) is 1. The van der Waals surface area contributed by atoms with Crippen molar-refractivity contribution in [2.45, 2.75) is 30.2 Å². The first kappa shape index (κ1) is 19.3. The van der Waals surface area contributed by atoms with Gasteiger partial charge in [-0.15, -0.1) is 0 Å². The van der Waals surface area contributed by atoms with Crippen LogP contribution in [0.2, 0.25) is 5.02 Å². The quantitative estimate of drug-likeness (QED) is 0.690. The van der Waals surface area contributed by atoms with Crippen LogP contribution in [-0.2, 0) is 16.4 Å². The van der Waals surface area contributed by atoms with Gasteiger partial charge in [0.05, 0.1) is 18.6 Å². The summed E-state index contributed by atoms with van der Waals surface area (Å²) < 4.78 is 33.5. The Morgan fingerprint density at radius 2 is 1.70 bits per heavy atom. The normalized spacial score (nSPS) is 11.6. The summed E-state index contributed by atoms with van der Waals surface area (Å²) in [7, 11) is -2.16. The fraction of sp³-hybridized carbons (Fsp3) is 0.200. The Balaban J connectivity index is 2.12. The van der Waals surface area contributed by atoms with E-state index in [4.69, 9.17) is 22.1 Å². The van der Waals surface area contributed by atoms with Gasteiger partial charge in [-0.3, -0.25) is 0 Å². The maximum atomic E-state index is 13.2. The van der Waals surface area contributed by atoms with Crippen molar-refractivity contribution in [3.8, 4) is 5.75 Å². The number of hydrogen-bond donors (Lipinski definition) is 1. The number of benzene rings is 2. The number of rotatable bonds is 5. The number of nitrogen functional groups attached to an aromatic ring is 1. The van der Waals surface area contributed by atoms with Gasteiger partial charge >= 0.3 is 0 Å². The summed E-state index contributed by atoms with van der Waals surface area (Å²) in [5, 5.41) is 0.476. The molecule has 0 aliphatic rings. The minimum Gasteiger partial charge on any atom is -0.496 e. The third-order valence-electron chi connectivity index (χ3n) is 4.73. The molecule has 1 heterocycles. The van der Waals surface area contributed by atoms with Crippen molar-refractivity contribution in [1.82, 2.24) is 4.57 Å². The third-order valence-corrected chi connectivity index (χ3v) is 6.92. The van der Waals surface area contributed by atoms with Gasteiger partial charge in [-0.25, -0.2) is 8.42 Å². The van der Waals surface area contributed by atoms with Crippen LogP contribution < -0.4 is 10.5 Å². The molecule has 3 aromatic rings. The van der Waals surface area contributed by atoms with Crippen LogP contribution in [0, 0.1) is 13.8 Å². The number of sulfone groups is 1. The van der Waals surface area contributed by atoms with Crippen molar-refractivity contribution in [2.75, 3.05) is 12.8 Å². The summed E-state index contributed by atoms with van der Waals surface area (Å²) in [6.07, 6.45) is 0. The van der Waals surface area contributed by atoms with Crippen LogP contribution in [0.3, 0.4) is 0 Å². The van der Waals surface area contributed by atoms with Crippen molar-refractivity contribution in [1.29, 1.82) is 0 Å². The van der Waals surface area contributed by atoms with E-state index in [0.29, 0.717) is 17.1 Å². The van der Waals surface area contributed by atoms with Crippen LogP contribution in [0.15, 0.2) is 58.3 Å². The molecule has 0 bridgehead atoms. The predicted molar refractivity (Wildman–Crippen MR) is 107 cm³/mol. The fourth-order valence-corrected chi connectivity index (χ4v) is 4.93. The molecule has 27 heavy (non-hydrogen) atoms. The standard InChI is InChI=1S/C20H21ClN2O3S/c1-13-14(2)23(12-15-6-4-5-7-18(15)26-3)20(22)19(13)27(24,25)17-10-8-16(21)9-11-17/h4-11H,12,22H2,1-3H3. The lowest BCUT2D eigenvalue weighted by Crippen LogP contribution is -2.10. The molecular weight excluding hydrogens is 384 g/mol. The smallest absolute Gasteiger partial charge is 0.210 e. The number of nitrogens with two attached hydrogens (primary N) is 1. The average Bonchev–Trinajstić information content (AvgIpc) is 2.86. The van der Waals surface area contributed by atoms with E-state index in [-0.39, 0.29) is 15.6 Å². The van der Waals surface area contributed by atoms with Crippen molar-refractivity contribution in [3.63, 3.8) is 0 Å². The third kappa shape index (κ3) is 3.42. The fourth-order valence-electron chi connectivity index (χ4n) is 3.14. The van der Waals surface area contributed by atoms with Gasteiger partial charge in [-0.2, -0.15) is 0 Å². The summed E-state index contributed by atoms with van der Waals surface area (Å²) in [5.74, 6) is 0.940. The molecule has 0 fully saturated rings. The van der Waals surface area contributed by atoms with Crippen LogP contribution in [0.5, 0.6) is 5.75 Å². The molecule has 0 spiro atoms. The van der Waals surface area contributed by atoms with Crippen LogP contribution in [0.25, 0.3) is 0 Å². The zero-order valence-electron chi connectivity index (χ0n) is 15.4. The van der Waals surface area contributed by atoms with E-state index in [2.05, 4.69) is 0 Å². The molecule has 0 unspecified atom stereocenters. The highest BCUT2D eigenvalue weighted by molar-refractivity contribution is 7.91. The Morgan fingerprint density at radius 3 is 2.33 bits per heavy atom. The topological polar surface area (TPSA) is 74.3 Å². The first-order chi connectivity index (χ1) is 12.8. The molecular formula is C20H21ClN2O3S. The minimum atomic E-state index is -3.76. The lowest BCUT2D eigenvalue weighted by Gasteiger charge is -2.13. The van der Waals surface area contributed by atoms with Crippen LogP contribution in [-0.4, -0.2) is 20.1 Å². The van der Waals surface area contributed by atoms with Gasteiger partial charge < -0.3 is 15.0 Å². The number of para-hydroxylation sites is 1. The molecule has 5 nitrogen and oxygen atoms in total. The monoisotopic (exact) mass is 404 g/mol. The molecule has 0 aliphatic carbocycles. The number of ether oxygens (including phenoxy) is 1. The van der Waals surface area contributed by atoms with E-state index in [1.807, 2.05) is 31.2 Å². The lowest BCUT2D eigenvalue weighted by atomic mass is 10.2. The molecule has 2 aromatic carbocycles. The van der Waals surface area contributed by atoms with Gasteiger partial charge in [0.15, 0.2) is 0 Å². The second-order valence-corrected chi connectivity index (χ2v) is 8.60. The van der Waals surface area contributed by atoms with E-state index in [1.165, 1.54) is 12.1 Å². The number of hydrogen-bond acceptors (Lipinski definition) is 4. The molecule has 0 radical (unpaired) electrons. The summed E-state index contributed by atoms with van der Waals surface area (Å²) in [6.45, 7) is 4.05. The SMILES string of the molecule is COc1ccccc1Cn1c(C)c(C)c(S(=O)(=O)c2ccc(Cl)cc2)c1N. The highest BCUT2D eigenvalue weighted by Gasteiger charge is 2.28. The lowest BCUT2D eigenvalue weighted by molar-refractivity contribution is 0.408. The Morgan fingerprint density at radius 1 is 1.07 bits per heavy atom. The molecule has 0 aliphatic heterocycles. The summed E-state index contributed by atoms with van der Waals surface area (Å²) >= 11 is 5.88. The van der Waals surface area contributed by atoms with Gasteiger partial charge in [0.25, 0.3) is 0 Å². The summed E-state index contributed by atoms with van der Waals surface area (Å²) in [5.41, 5.74) is 8.67.